The molecule has 96 valence electrons. The number of nitrogens with two attached hydrogens (primary N) is 1. The van der Waals surface area contributed by atoms with Gasteiger partial charge in [0.05, 0.1) is 11.3 Å². The number of nitrogens with zero attached hydrogens (tertiary/aromatic N) is 2. The molecule has 0 atom stereocenters. The summed E-state index contributed by atoms with van der Waals surface area (Å²) in [4.78, 5) is 2.00. The Bertz CT molecular complexity index is 632. The molecule has 0 bridgehead atoms. The first kappa shape index (κ1) is 13.3. The molecule has 19 heavy (non-hydrogen) atoms. The van der Waals surface area contributed by atoms with Crippen LogP contribution < -0.4 is 10.6 Å². The van der Waals surface area contributed by atoms with Gasteiger partial charge in [-0.2, -0.15) is 5.26 Å². The van der Waals surface area contributed by atoms with E-state index in [4.69, 9.17) is 22.6 Å². The number of hydrogen-bond donors (Lipinski definition) is 1. The van der Waals surface area contributed by atoms with Crippen molar-refractivity contribution in [3.05, 3.63) is 58.6 Å². The van der Waals surface area contributed by atoms with Crippen LogP contribution in [0.1, 0.15) is 11.1 Å². The van der Waals surface area contributed by atoms with Crippen LogP contribution in [0.2, 0.25) is 5.02 Å². The predicted molar refractivity (Wildman–Crippen MR) is 79.1 cm³/mol. The Morgan fingerprint density at radius 1 is 1.26 bits per heavy atom. The summed E-state index contributed by atoms with van der Waals surface area (Å²) in [6.45, 7) is 0.623. The normalized spacial score (nSPS) is 9.95. The summed E-state index contributed by atoms with van der Waals surface area (Å²) in [5.41, 5.74) is 8.84. The van der Waals surface area contributed by atoms with Crippen molar-refractivity contribution < 1.29 is 0 Å². The van der Waals surface area contributed by atoms with Crippen molar-refractivity contribution in [2.24, 2.45) is 0 Å². The van der Waals surface area contributed by atoms with Gasteiger partial charge in [-0.15, -0.1) is 0 Å². The maximum absolute atomic E-state index is 9.11. The topological polar surface area (TPSA) is 53.0 Å². The van der Waals surface area contributed by atoms with Crippen LogP contribution >= 0.6 is 11.6 Å². The summed E-state index contributed by atoms with van der Waals surface area (Å²) < 4.78 is 0. The minimum absolute atomic E-state index is 0.623. The van der Waals surface area contributed by atoms with Crippen LogP contribution in [0, 0.1) is 11.3 Å². The average Bonchev–Trinajstić information content (AvgIpc) is 2.41. The van der Waals surface area contributed by atoms with Gasteiger partial charge in [-0.05, 0) is 29.8 Å². The molecule has 4 heteroatoms. The lowest BCUT2D eigenvalue weighted by Gasteiger charge is -2.21. The van der Waals surface area contributed by atoms with E-state index in [1.165, 1.54) is 0 Å². The quantitative estimate of drug-likeness (QED) is 0.870. The van der Waals surface area contributed by atoms with Crippen molar-refractivity contribution in [1.82, 2.24) is 0 Å². The van der Waals surface area contributed by atoms with Gasteiger partial charge >= 0.3 is 0 Å². The van der Waals surface area contributed by atoms with Gasteiger partial charge in [-0.25, -0.2) is 0 Å². The Balaban J connectivity index is 2.26. The summed E-state index contributed by atoms with van der Waals surface area (Å²) in [6.07, 6.45) is 0. The second kappa shape index (κ2) is 5.64. The van der Waals surface area contributed by atoms with Gasteiger partial charge in [0, 0.05) is 24.3 Å². The van der Waals surface area contributed by atoms with Crippen LogP contribution in [0.3, 0.4) is 0 Å². The Morgan fingerprint density at radius 3 is 2.68 bits per heavy atom. The van der Waals surface area contributed by atoms with Crippen molar-refractivity contribution in [3.8, 4) is 6.07 Å². The molecule has 3 nitrogen and oxygen atoms in total. The van der Waals surface area contributed by atoms with Crippen molar-refractivity contribution >= 4 is 23.0 Å². The number of anilines is 2. The predicted octanol–water partition coefficient (Wildman–Crippen LogP) is 3.43. The first-order valence-electron chi connectivity index (χ1n) is 5.86. The zero-order chi connectivity index (χ0) is 13.8. The van der Waals surface area contributed by atoms with Crippen molar-refractivity contribution in [1.29, 1.82) is 5.26 Å². The highest BCUT2D eigenvalue weighted by Crippen LogP contribution is 2.24. The Hall–Kier alpha value is -2.18. The molecule has 0 heterocycles. The minimum atomic E-state index is 0.623. The van der Waals surface area contributed by atoms with Crippen molar-refractivity contribution in [3.63, 3.8) is 0 Å². The van der Waals surface area contributed by atoms with E-state index < -0.39 is 0 Å². The van der Waals surface area contributed by atoms with Crippen LogP contribution in [0.4, 0.5) is 11.4 Å². The molecule has 0 fully saturated rings. The van der Waals surface area contributed by atoms with Crippen LogP contribution in [0.15, 0.2) is 42.5 Å². The second-order valence-corrected chi connectivity index (χ2v) is 4.74. The molecule has 0 spiro atoms. The van der Waals surface area contributed by atoms with Crippen LogP contribution in [0.25, 0.3) is 0 Å². The summed E-state index contributed by atoms with van der Waals surface area (Å²) in [7, 11) is 1.93. The number of halogens is 1. The van der Waals surface area contributed by atoms with Gasteiger partial charge < -0.3 is 10.6 Å². The molecule has 2 rings (SSSR count). The molecular formula is C15H14ClN3. The fourth-order valence-corrected chi connectivity index (χ4v) is 2.18. The van der Waals surface area contributed by atoms with E-state index in [-0.39, 0.29) is 0 Å². The molecule has 0 amide bonds. The fourth-order valence-electron chi connectivity index (χ4n) is 1.93. The van der Waals surface area contributed by atoms with E-state index >= 15 is 0 Å². The maximum atomic E-state index is 9.11. The second-order valence-electron chi connectivity index (χ2n) is 4.34. The first-order valence-corrected chi connectivity index (χ1v) is 6.24. The van der Waals surface area contributed by atoms with Crippen molar-refractivity contribution in [2.75, 3.05) is 17.7 Å². The molecule has 2 aromatic rings. The Morgan fingerprint density at radius 2 is 2.00 bits per heavy atom. The lowest BCUT2D eigenvalue weighted by molar-refractivity contribution is 0.921. The largest absolute Gasteiger partial charge is 0.399 e. The van der Waals surface area contributed by atoms with E-state index in [0.29, 0.717) is 22.8 Å². The highest BCUT2D eigenvalue weighted by molar-refractivity contribution is 6.31. The van der Waals surface area contributed by atoms with Gasteiger partial charge in [0.2, 0.25) is 0 Å². The number of benzene rings is 2. The van der Waals surface area contributed by atoms with Gasteiger partial charge in [0.25, 0.3) is 0 Å². The molecule has 2 N–H and O–H groups in total. The van der Waals surface area contributed by atoms with Gasteiger partial charge in [0.15, 0.2) is 0 Å². The van der Waals surface area contributed by atoms with E-state index in [0.717, 1.165) is 11.3 Å². The first-order chi connectivity index (χ1) is 9.11. The molecule has 0 unspecified atom stereocenters. The molecule has 2 aromatic carbocycles. The van der Waals surface area contributed by atoms with Gasteiger partial charge in [0.1, 0.15) is 6.07 Å². The zero-order valence-corrected chi connectivity index (χ0v) is 11.4. The molecule has 0 radical (unpaired) electrons. The third-order valence-electron chi connectivity index (χ3n) is 2.92. The molecule has 0 aliphatic rings. The molecule has 0 saturated carbocycles. The van der Waals surface area contributed by atoms with E-state index in [1.807, 2.05) is 42.3 Å². The SMILES string of the molecule is CN(Cc1ccc(N)cc1Cl)c1ccccc1C#N. The smallest absolute Gasteiger partial charge is 0.101 e. The summed E-state index contributed by atoms with van der Waals surface area (Å²) in [5, 5.41) is 9.75. The monoisotopic (exact) mass is 271 g/mol. The number of hydrogen-bond acceptors (Lipinski definition) is 3. The molecule has 0 aliphatic heterocycles. The highest BCUT2D eigenvalue weighted by atomic mass is 35.5. The van der Waals surface area contributed by atoms with Crippen molar-refractivity contribution in [2.45, 2.75) is 6.54 Å². The number of nitriles is 1. The van der Waals surface area contributed by atoms with Crippen LogP contribution in [0.5, 0.6) is 0 Å². The van der Waals surface area contributed by atoms with E-state index in [2.05, 4.69) is 6.07 Å². The van der Waals surface area contributed by atoms with Gasteiger partial charge in [-0.3, -0.25) is 0 Å². The molecule has 0 saturated heterocycles. The number of nitrogen functional groups attached to an aromatic ring is 1. The van der Waals surface area contributed by atoms with E-state index in [1.54, 1.807) is 12.1 Å². The third kappa shape index (κ3) is 2.98. The third-order valence-corrected chi connectivity index (χ3v) is 3.27. The molecule has 0 aliphatic carbocycles. The lowest BCUT2D eigenvalue weighted by Crippen LogP contribution is -2.17. The van der Waals surface area contributed by atoms with E-state index in [9.17, 15) is 0 Å². The number of para-hydroxylation sites is 1. The highest BCUT2D eigenvalue weighted by Gasteiger charge is 2.09. The zero-order valence-electron chi connectivity index (χ0n) is 10.6. The minimum Gasteiger partial charge on any atom is -0.399 e. The molecular weight excluding hydrogens is 258 g/mol. The lowest BCUT2D eigenvalue weighted by atomic mass is 10.1. The van der Waals surface area contributed by atoms with Gasteiger partial charge in [-0.1, -0.05) is 29.8 Å². The Labute approximate surface area is 117 Å². The standard InChI is InChI=1S/C15H14ClN3/c1-19(15-5-3-2-4-11(15)9-17)10-12-6-7-13(18)8-14(12)16/h2-8H,10,18H2,1H3. The molecule has 0 aromatic heterocycles. The maximum Gasteiger partial charge on any atom is 0.101 e. The summed E-state index contributed by atoms with van der Waals surface area (Å²) in [6, 6.07) is 15.1. The number of rotatable bonds is 3. The van der Waals surface area contributed by atoms with Crippen LogP contribution in [-0.4, -0.2) is 7.05 Å². The Kier molecular flexibility index (Phi) is 3.94. The summed E-state index contributed by atoms with van der Waals surface area (Å²) in [5.74, 6) is 0. The summed E-state index contributed by atoms with van der Waals surface area (Å²) >= 11 is 6.16. The van der Waals surface area contributed by atoms with Crippen LogP contribution in [-0.2, 0) is 6.54 Å². The average molecular weight is 272 g/mol. The fraction of sp³-hybridized carbons (Fsp3) is 0.133.